The van der Waals surface area contributed by atoms with Gasteiger partial charge in [0.25, 0.3) is 5.91 Å². The van der Waals surface area contributed by atoms with Crippen molar-refractivity contribution in [2.75, 3.05) is 6.54 Å². The van der Waals surface area contributed by atoms with E-state index in [9.17, 15) is 14.3 Å². The molecule has 7 heteroatoms. The summed E-state index contributed by atoms with van der Waals surface area (Å²) in [6.45, 7) is 1.97. The minimum Gasteiger partial charge on any atom is -0.387 e. The van der Waals surface area contributed by atoms with Crippen LogP contribution in [0.1, 0.15) is 27.7 Å². The van der Waals surface area contributed by atoms with E-state index >= 15 is 0 Å². The van der Waals surface area contributed by atoms with Gasteiger partial charge in [0.05, 0.1) is 18.0 Å². The zero-order valence-electron chi connectivity index (χ0n) is 13.6. The minimum atomic E-state index is -0.934. The predicted molar refractivity (Wildman–Crippen MR) is 89.8 cm³/mol. The number of benzene rings is 2. The topological polar surface area (TPSA) is 80.0 Å². The van der Waals surface area contributed by atoms with Crippen molar-refractivity contribution < 1.29 is 14.3 Å². The number of aryl methyl sites for hydroxylation is 1. The summed E-state index contributed by atoms with van der Waals surface area (Å²) in [7, 11) is 0. The van der Waals surface area contributed by atoms with E-state index in [0.29, 0.717) is 5.56 Å². The molecular formula is C18H17FN4O2. The molecule has 6 nitrogen and oxygen atoms in total. The monoisotopic (exact) mass is 340 g/mol. The SMILES string of the molecule is Cc1ccc(-n2cc(C(=O)NCC(O)c3ccc(F)cc3)nn2)cc1. The van der Waals surface area contributed by atoms with Gasteiger partial charge >= 0.3 is 0 Å². The van der Waals surface area contributed by atoms with Gasteiger partial charge in [-0.3, -0.25) is 4.79 Å². The third kappa shape index (κ3) is 4.07. The molecule has 1 amide bonds. The van der Waals surface area contributed by atoms with Gasteiger partial charge in [0.2, 0.25) is 0 Å². The lowest BCUT2D eigenvalue weighted by atomic mass is 10.1. The number of rotatable bonds is 5. The zero-order valence-corrected chi connectivity index (χ0v) is 13.6. The maximum Gasteiger partial charge on any atom is 0.273 e. The number of halogens is 1. The molecule has 0 bridgehead atoms. The molecule has 0 aliphatic carbocycles. The molecule has 2 aromatic carbocycles. The average molecular weight is 340 g/mol. The number of aromatic nitrogens is 3. The fraction of sp³-hybridized carbons (Fsp3) is 0.167. The van der Waals surface area contributed by atoms with E-state index in [1.165, 1.54) is 35.1 Å². The predicted octanol–water partition coefficient (Wildman–Crippen LogP) is 2.18. The normalized spacial score (nSPS) is 12.0. The van der Waals surface area contributed by atoms with Crippen molar-refractivity contribution in [1.82, 2.24) is 20.3 Å². The smallest absolute Gasteiger partial charge is 0.273 e. The number of aliphatic hydroxyl groups excluding tert-OH is 1. The van der Waals surface area contributed by atoms with Gasteiger partial charge in [-0.05, 0) is 36.8 Å². The Morgan fingerprint density at radius 1 is 1.20 bits per heavy atom. The van der Waals surface area contributed by atoms with Crippen LogP contribution in [0.4, 0.5) is 4.39 Å². The molecule has 1 heterocycles. The van der Waals surface area contributed by atoms with Crippen molar-refractivity contribution in [3.8, 4) is 5.69 Å². The number of aliphatic hydroxyl groups is 1. The first-order valence-corrected chi connectivity index (χ1v) is 7.74. The molecule has 1 unspecified atom stereocenters. The first kappa shape index (κ1) is 16.8. The molecule has 0 aliphatic rings. The summed E-state index contributed by atoms with van der Waals surface area (Å²) in [6, 6.07) is 13.1. The fourth-order valence-corrected chi connectivity index (χ4v) is 2.27. The van der Waals surface area contributed by atoms with Crippen LogP contribution in [0.15, 0.2) is 54.7 Å². The molecule has 25 heavy (non-hydrogen) atoms. The number of nitrogens with zero attached hydrogens (tertiary/aromatic N) is 3. The highest BCUT2D eigenvalue weighted by molar-refractivity contribution is 5.91. The van der Waals surface area contributed by atoms with Crippen LogP contribution in [0, 0.1) is 12.7 Å². The maximum atomic E-state index is 12.9. The van der Waals surface area contributed by atoms with E-state index in [0.717, 1.165) is 11.3 Å². The Morgan fingerprint density at radius 3 is 2.56 bits per heavy atom. The summed E-state index contributed by atoms with van der Waals surface area (Å²) in [6.07, 6.45) is 0.585. The molecular weight excluding hydrogens is 323 g/mol. The lowest BCUT2D eigenvalue weighted by Crippen LogP contribution is -2.28. The van der Waals surface area contributed by atoms with Gasteiger partial charge in [-0.25, -0.2) is 9.07 Å². The Kier molecular flexibility index (Phi) is 4.85. The van der Waals surface area contributed by atoms with E-state index in [-0.39, 0.29) is 18.1 Å². The minimum absolute atomic E-state index is 0.0120. The van der Waals surface area contributed by atoms with Gasteiger partial charge in [-0.2, -0.15) is 0 Å². The standard InChI is InChI=1S/C18H17FN4O2/c1-12-2-8-15(9-3-12)23-11-16(21-22-23)18(25)20-10-17(24)13-4-6-14(19)7-5-13/h2-9,11,17,24H,10H2,1H3,(H,20,25). The van der Waals surface area contributed by atoms with Gasteiger partial charge in [0, 0.05) is 6.54 Å². The van der Waals surface area contributed by atoms with Gasteiger partial charge in [-0.1, -0.05) is 35.0 Å². The second-order valence-electron chi connectivity index (χ2n) is 5.66. The number of nitrogens with one attached hydrogen (secondary N) is 1. The first-order valence-electron chi connectivity index (χ1n) is 7.74. The molecule has 0 saturated carbocycles. The number of hydrogen-bond acceptors (Lipinski definition) is 4. The van der Waals surface area contributed by atoms with Crippen LogP contribution < -0.4 is 5.32 Å². The average Bonchev–Trinajstić information content (AvgIpc) is 3.11. The lowest BCUT2D eigenvalue weighted by Gasteiger charge is -2.11. The Labute approximate surface area is 143 Å². The van der Waals surface area contributed by atoms with Gasteiger partial charge in [0.1, 0.15) is 5.82 Å². The lowest BCUT2D eigenvalue weighted by molar-refractivity contribution is 0.0911. The largest absolute Gasteiger partial charge is 0.387 e. The van der Waals surface area contributed by atoms with Crippen LogP contribution in [-0.4, -0.2) is 32.6 Å². The third-order valence-electron chi connectivity index (χ3n) is 3.74. The number of carbonyl (C=O) groups is 1. The maximum absolute atomic E-state index is 12.9. The fourth-order valence-electron chi connectivity index (χ4n) is 2.27. The quantitative estimate of drug-likeness (QED) is 0.746. The van der Waals surface area contributed by atoms with Crippen molar-refractivity contribution in [3.05, 3.63) is 77.4 Å². The molecule has 1 aromatic heterocycles. The van der Waals surface area contributed by atoms with Gasteiger partial charge < -0.3 is 10.4 Å². The number of carbonyl (C=O) groups excluding carboxylic acids is 1. The highest BCUT2D eigenvalue weighted by atomic mass is 19.1. The first-order chi connectivity index (χ1) is 12.0. The Balaban J connectivity index is 1.62. The molecule has 2 N–H and O–H groups in total. The van der Waals surface area contributed by atoms with Crippen LogP contribution in [0.3, 0.4) is 0 Å². The molecule has 1 atom stereocenters. The third-order valence-corrected chi connectivity index (χ3v) is 3.74. The van der Waals surface area contributed by atoms with E-state index < -0.39 is 12.0 Å². The van der Waals surface area contributed by atoms with E-state index in [2.05, 4.69) is 15.6 Å². The van der Waals surface area contributed by atoms with Gasteiger partial charge in [0.15, 0.2) is 5.69 Å². The summed E-state index contributed by atoms with van der Waals surface area (Å²) >= 11 is 0. The van der Waals surface area contributed by atoms with Crippen molar-refractivity contribution in [2.24, 2.45) is 0 Å². The van der Waals surface area contributed by atoms with E-state index in [1.807, 2.05) is 31.2 Å². The van der Waals surface area contributed by atoms with Crippen LogP contribution in [-0.2, 0) is 0 Å². The van der Waals surface area contributed by atoms with E-state index in [4.69, 9.17) is 0 Å². The Morgan fingerprint density at radius 2 is 1.88 bits per heavy atom. The molecule has 0 saturated heterocycles. The summed E-state index contributed by atoms with van der Waals surface area (Å²) in [5.41, 5.74) is 2.58. The summed E-state index contributed by atoms with van der Waals surface area (Å²) in [5.74, 6) is -0.827. The molecule has 128 valence electrons. The molecule has 0 spiro atoms. The van der Waals surface area contributed by atoms with Gasteiger partial charge in [-0.15, -0.1) is 5.10 Å². The second-order valence-corrected chi connectivity index (χ2v) is 5.66. The van der Waals surface area contributed by atoms with Crippen LogP contribution in [0.5, 0.6) is 0 Å². The van der Waals surface area contributed by atoms with Crippen molar-refractivity contribution in [1.29, 1.82) is 0 Å². The van der Waals surface area contributed by atoms with E-state index in [1.54, 1.807) is 0 Å². The second kappa shape index (κ2) is 7.23. The number of hydrogen-bond donors (Lipinski definition) is 2. The highest BCUT2D eigenvalue weighted by Crippen LogP contribution is 2.13. The Hall–Kier alpha value is -3.06. The van der Waals surface area contributed by atoms with Crippen LogP contribution in [0.25, 0.3) is 5.69 Å². The van der Waals surface area contributed by atoms with Crippen LogP contribution >= 0.6 is 0 Å². The highest BCUT2D eigenvalue weighted by Gasteiger charge is 2.14. The Bertz CT molecular complexity index is 860. The summed E-state index contributed by atoms with van der Waals surface area (Å²) < 4.78 is 14.4. The van der Waals surface area contributed by atoms with Crippen molar-refractivity contribution >= 4 is 5.91 Å². The van der Waals surface area contributed by atoms with Crippen LogP contribution in [0.2, 0.25) is 0 Å². The molecule has 0 fully saturated rings. The van der Waals surface area contributed by atoms with Crippen molar-refractivity contribution in [3.63, 3.8) is 0 Å². The molecule has 3 rings (SSSR count). The summed E-state index contributed by atoms with van der Waals surface area (Å²) in [4.78, 5) is 12.1. The molecule has 3 aromatic rings. The molecule has 0 radical (unpaired) electrons. The summed E-state index contributed by atoms with van der Waals surface area (Å²) in [5, 5.41) is 20.4. The van der Waals surface area contributed by atoms with Crippen molar-refractivity contribution in [2.45, 2.75) is 13.0 Å². The number of amides is 1. The zero-order chi connectivity index (χ0) is 17.8. The molecule has 0 aliphatic heterocycles.